The van der Waals surface area contributed by atoms with Crippen LogP contribution in [0.3, 0.4) is 0 Å². The average Bonchev–Trinajstić information content (AvgIpc) is 3.04. The van der Waals surface area contributed by atoms with Crippen LogP contribution in [0.15, 0.2) is 12.1 Å². The van der Waals surface area contributed by atoms with Gasteiger partial charge in [-0.1, -0.05) is 0 Å². The lowest BCUT2D eigenvalue weighted by atomic mass is 10.0. The Morgan fingerprint density at radius 1 is 0.963 bits per heavy atom. The Hall–Kier alpha value is -1.95. The van der Waals surface area contributed by atoms with Crippen LogP contribution in [0.5, 0.6) is 17.2 Å². The van der Waals surface area contributed by atoms with Crippen LogP contribution in [0, 0.1) is 0 Å². The molecule has 150 valence electrons. The average molecular weight is 376 g/mol. The number of ether oxygens (including phenoxy) is 3. The number of rotatable bonds is 5. The monoisotopic (exact) mass is 376 g/mol. The van der Waals surface area contributed by atoms with Crippen LogP contribution in [0.2, 0.25) is 0 Å². The minimum atomic E-state index is 0.0263. The highest BCUT2D eigenvalue weighted by Gasteiger charge is 2.36. The van der Waals surface area contributed by atoms with Gasteiger partial charge in [0.25, 0.3) is 5.91 Å². The number of nitrogens with zero attached hydrogens (tertiary/aromatic N) is 2. The third kappa shape index (κ3) is 3.86. The van der Waals surface area contributed by atoms with E-state index in [1.807, 2.05) is 4.90 Å². The van der Waals surface area contributed by atoms with Gasteiger partial charge in [-0.05, 0) is 51.7 Å². The first kappa shape index (κ1) is 19.8. The predicted octanol–water partition coefficient (Wildman–Crippen LogP) is 3.19. The third-order valence-corrected chi connectivity index (χ3v) is 6.04. The maximum Gasteiger partial charge on any atom is 0.254 e. The van der Waals surface area contributed by atoms with E-state index in [2.05, 4.69) is 18.7 Å². The number of methoxy groups -OCH3 is 3. The molecule has 1 aromatic carbocycles. The molecule has 2 aliphatic heterocycles. The zero-order valence-electron chi connectivity index (χ0n) is 17.2. The molecule has 2 fully saturated rings. The van der Waals surface area contributed by atoms with Gasteiger partial charge in [0.15, 0.2) is 11.5 Å². The first-order chi connectivity index (χ1) is 13.0. The molecular weight excluding hydrogens is 344 g/mol. The highest BCUT2D eigenvalue weighted by Crippen LogP contribution is 2.39. The number of likely N-dealkylation sites (tertiary alicyclic amines) is 2. The van der Waals surface area contributed by atoms with Crippen molar-refractivity contribution in [3.05, 3.63) is 17.7 Å². The Kier molecular flexibility index (Phi) is 6.15. The number of hydrogen-bond acceptors (Lipinski definition) is 5. The van der Waals surface area contributed by atoms with Crippen molar-refractivity contribution >= 4 is 5.91 Å². The van der Waals surface area contributed by atoms with Gasteiger partial charge in [0.1, 0.15) is 0 Å². The number of carbonyl (C=O) groups excluding carboxylic acids is 1. The lowest BCUT2D eigenvalue weighted by molar-refractivity contribution is 0.0486. The van der Waals surface area contributed by atoms with E-state index in [1.54, 1.807) is 33.5 Å². The molecule has 0 saturated carbocycles. The van der Waals surface area contributed by atoms with Crippen molar-refractivity contribution in [2.24, 2.45) is 0 Å². The summed E-state index contributed by atoms with van der Waals surface area (Å²) in [6.45, 7) is 6.19. The van der Waals surface area contributed by atoms with Gasteiger partial charge in [0, 0.05) is 36.8 Å². The van der Waals surface area contributed by atoms with E-state index in [9.17, 15) is 4.79 Å². The fourth-order valence-electron chi connectivity index (χ4n) is 4.70. The summed E-state index contributed by atoms with van der Waals surface area (Å²) in [4.78, 5) is 17.8. The SMILES string of the molecule is COc1cc(C(=O)N2CCC[C@H](N3[C@H](C)CC[C@H]3C)C2)cc(OC)c1OC. The topological polar surface area (TPSA) is 51.2 Å². The van der Waals surface area contributed by atoms with E-state index in [0.29, 0.717) is 40.9 Å². The minimum Gasteiger partial charge on any atom is -0.493 e. The minimum absolute atomic E-state index is 0.0263. The highest BCUT2D eigenvalue weighted by molar-refractivity contribution is 5.95. The molecule has 3 atom stereocenters. The van der Waals surface area contributed by atoms with Crippen LogP contribution < -0.4 is 14.2 Å². The van der Waals surface area contributed by atoms with Gasteiger partial charge in [0.2, 0.25) is 5.75 Å². The molecule has 0 aliphatic carbocycles. The molecule has 1 amide bonds. The molecule has 0 aromatic heterocycles. The maximum atomic E-state index is 13.2. The lowest BCUT2D eigenvalue weighted by Gasteiger charge is -2.41. The normalized spacial score (nSPS) is 26.1. The van der Waals surface area contributed by atoms with Gasteiger partial charge >= 0.3 is 0 Å². The van der Waals surface area contributed by atoms with Gasteiger partial charge in [0.05, 0.1) is 21.3 Å². The molecule has 0 unspecified atom stereocenters. The van der Waals surface area contributed by atoms with Crippen LogP contribution in [0.4, 0.5) is 0 Å². The predicted molar refractivity (Wildman–Crippen MR) is 105 cm³/mol. The van der Waals surface area contributed by atoms with E-state index < -0.39 is 0 Å². The number of benzene rings is 1. The smallest absolute Gasteiger partial charge is 0.254 e. The van der Waals surface area contributed by atoms with E-state index in [4.69, 9.17) is 14.2 Å². The van der Waals surface area contributed by atoms with Crippen LogP contribution in [0.25, 0.3) is 0 Å². The second kappa shape index (κ2) is 8.38. The second-order valence-electron chi connectivity index (χ2n) is 7.68. The Labute approximate surface area is 162 Å². The maximum absolute atomic E-state index is 13.2. The third-order valence-electron chi connectivity index (χ3n) is 6.04. The molecule has 0 radical (unpaired) electrons. The molecule has 2 heterocycles. The van der Waals surface area contributed by atoms with Gasteiger partial charge in [-0.25, -0.2) is 0 Å². The molecule has 27 heavy (non-hydrogen) atoms. The zero-order valence-corrected chi connectivity index (χ0v) is 17.2. The summed E-state index contributed by atoms with van der Waals surface area (Å²) in [7, 11) is 4.70. The number of hydrogen-bond donors (Lipinski definition) is 0. The summed E-state index contributed by atoms with van der Waals surface area (Å²) in [6.07, 6.45) is 4.70. The van der Waals surface area contributed by atoms with Gasteiger partial charge in [-0.3, -0.25) is 9.69 Å². The van der Waals surface area contributed by atoms with Gasteiger partial charge in [-0.15, -0.1) is 0 Å². The van der Waals surface area contributed by atoms with Crippen LogP contribution in [0.1, 0.15) is 49.9 Å². The summed E-state index contributed by atoms with van der Waals surface area (Å²) in [5.74, 6) is 1.55. The summed E-state index contributed by atoms with van der Waals surface area (Å²) in [6, 6.07) is 5.13. The Morgan fingerprint density at radius 3 is 2.07 bits per heavy atom. The largest absolute Gasteiger partial charge is 0.493 e. The fourth-order valence-corrected chi connectivity index (χ4v) is 4.70. The van der Waals surface area contributed by atoms with Crippen molar-refractivity contribution in [2.75, 3.05) is 34.4 Å². The molecule has 0 spiro atoms. The molecule has 1 aromatic rings. The first-order valence-corrected chi connectivity index (χ1v) is 9.86. The van der Waals surface area contributed by atoms with E-state index in [0.717, 1.165) is 25.9 Å². The summed E-state index contributed by atoms with van der Waals surface area (Å²) in [5, 5.41) is 0. The van der Waals surface area contributed by atoms with Crippen molar-refractivity contribution in [2.45, 2.75) is 57.7 Å². The van der Waals surface area contributed by atoms with Crippen molar-refractivity contribution in [1.29, 1.82) is 0 Å². The highest BCUT2D eigenvalue weighted by atomic mass is 16.5. The van der Waals surface area contributed by atoms with E-state index in [1.165, 1.54) is 12.8 Å². The molecule has 2 aliphatic rings. The fraction of sp³-hybridized carbons (Fsp3) is 0.667. The molecule has 6 nitrogen and oxygen atoms in total. The summed E-state index contributed by atoms with van der Waals surface area (Å²) >= 11 is 0. The molecule has 0 bridgehead atoms. The first-order valence-electron chi connectivity index (χ1n) is 9.86. The van der Waals surface area contributed by atoms with Crippen molar-refractivity contribution in [3.63, 3.8) is 0 Å². The number of piperidine rings is 1. The molecule has 6 heteroatoms. The summed E-state index contributed by atoms with van der Waals surface area (Å²) < 4.78 is 16.2. The van der Waals surface area contributed by atoms with Crippen LogP contribution in [-0.4, -0.2) is 68.3 Å². The Morgan fingerprint density at radius 2 is 1.56 bits per heavy atom. The Balaban J connectivity index is 1.81. The van der Waals surface area contributed by atoms with E-state index >= 15 is 0 Å². The quantitative estimate of drug-likeness (QED) is 0.790. The summed E-state index contributed by atoms with van der Waals surface area (Å²) in [5.41, 5.74) is 0.577. The molecule has 0 N–H and O–H groups in total. The lowest BCUT2D eigenvalue weighted by Crippen LogP contribution is -2.52. The van der Waals surface area contributed by atoms with Crippen molar-refractivity contribution < 1.29 is 19.0 Å². The second-order valence-corrected chi connectivity index (χ2v) is 7.68. The van der Waals surface area contributed by atoms with Crippen LogP contribution in [-0.2, 0) is 0 Å². The van der Waals surface area contributed by atoms with Gasteiger partial charge < -0.3 is 19.1 Å². The standard InChI is InChI=1S/C21H32N2O4/c1-14-8-9-15(2)23(14)17-7-6-10-22(13-17)21(24)16-11-18(25-3)20(27-5)19(12-16)26-4/h11-12,14-15,17H,6-10,13H2,1-5H3/t14-,15-,17+/m1/s1. The Bertz CT molecular complexity index is 643. The van der Waals surface area contributed by atoms with Crippen molar-refractivity contribution in [3.8, 4) is 17.2 Å². The molecular formula is C21H32N2O4. The molecule has 2 saturated heterocycles. The zero-order chi connectivity index (χ0) is 19.6. The number of carbonyl (C=O) groups is 1. The van der Waals surface area contributed by atoms with Crippen molar-refractivity contribution in [1.82, 2.24) is 9.80 Å². The molecule has 3 rings (SSSR count). The number of amides is 1. The van der Waals surface area contributed by atoms with Gasteiger partial charge in [-0.2, -0.15) is 0 Å². The van der Waals surface area contributed by atoms with Crippen LogP contribution >= 0.6 is 0 Å². The van der Waals surface area contributed by atoms with E-state index in [-0.39, 0.29) is 5.91 Å².